The molecule has 0 bridgehead atoms. The molecule has 0 radical (unpaired) electrons. The molecule has 0 aromatic heterocycles. The fourth-order valence-electron chi connectivity index (χ4n) is 2.69. The van der Waals surface area contributed by atoms with Gasteiger partial charge >= 0.3 is 6.03 Å². The van der Waals surface area contributed by atoms with Crippen molar-refractivity contribution in [2.75, 3.05) is 19.0 Å². The van der Waals surface area contributed by atoms with Gasteiger partial charge in [-0.15, -0.1) is 0 Å². The summed E-state index contributed by atoms with van der Waals surface area (Å²) < 4.78 is 5.08. The van der Waals surface area contributed by atoms with Crippen LogP contribution in [0.3, 0.4) is 0 Å². The highest BCUT2D eigenvalue weighted by molar-refractivity contribution is 5.91. The summed E-state index contributed by atoms with van der Waals surface area (Å²) in [4.78, 5) is 22.2. The Labute approximate surface area is 129 Å². The van der Waals surface area contributed by atoms with Crippen LogP contribution >= 0.6 is 0 Å². The van der Waals surface area contributed by atoms with Crippen LogP contribution in [0.25, 0.3) is 0 Å². The Morgan fingerprint density at radius 1 is 1.36 bits per heavy atom. The summed E-state index contributed by atoms with van der Waals surface area (Å²) >= 11 is 0. The minimum atomic E-state index is -0.505. The number of urea groups is 1. The van der Waals surface area contributed by atoms with Gasteiger partial charge in [-0.25, -0.2) is 4.79 Å². The van der Waals surface area contributed by atoms with E-state index in [1.54, 1.807) is 0 Å². The lowest BCUT2D eigenvalue weighted by Crippen LogP contribution is -2.33. The lowest BCUT2D eigenvalue weighted by atomic mass is 9.89. The summed E-state index contributed by atoms with van der Waals surface area (Å²) in [6.45, 7) is 0.654. The first kappa shape index (κ1) is 16.1. The van der Waals surface area contributed by atoms with E-state index in [0.717, 1.165) is 12.8 Å². The second kappa shape index (κ2) is 7.63. The van der Waals surface area contributed by atoms with Crippen molar-refractivity contribution < 1.29 is 14.5 Å². The van der Waals surface area contributed by atoms with Gasteiger partial charge in [-0.05, 0) is 24.8 Å². The summed E-state index contributed by atoms with van der Waals surface area (Å²) in [6.07, 6.45) is 6.04. The smallest absolute Gasteiger partial charge is 0.319 e. The number of carbonyl (C=O) groups is 1. The molecule has 7 heteroatoms. The standard InChI is InChI=1S/C15H21N3O4/c1-22-14-9-12(18(20)21)7-8-13(14)17-15(19)16-10-11-5-3-2-4-6-11/h7-9,11H,2-6,10H2,1H3,(H2,16,17,19). The van der Waals surface area contributed by atoms with E-state index >= 15 is 0 Å². The number of hydrogen-bond donors (Lipinski definition) is 2. The molecule has 1 aromatic rings. The molecule has 2 amide bonds. The van der Waals surface area contributed by atoms with Crippen molar-refractivity contribution in [2.45, 2.75) is 32.1 Å². The number of benzene rings is 1. The summed E-state index contributed by atoms with van der Waals surface area (Å²) in [5.41, 5.74) is 0.333. The Morgan fingerprint density at radius 2 is 2.09 bits per heavy atom. The quantitative estimate of drug-likeness (QED) is 0.644. The Kier molecular flexibility index (Phi) is 5.57. The van der Waals surface area contributed by atoms with Crippen molar-refractivity contribution >= 4 is 17.4 Å². The zero-order valence-corrected chi connectivity index (χ0v) is 12.6. The third kappa shape index (κ3) is 4.34. The van der Waals surface area contributed by atoms with Crippen LogP contribution in [0.2, 0.25) is 0 Å². The molecule has 1 aliphatic carbocycles. The predicted octanol–water partition coefficient (Wildman–Crippen LogP) is 3.31. The van der Waals surface area contributed by atoms with E-state index in [1.165, 1.54) is 44.6 Å². The Hall–Kier alpha value is -2.31. The molecule has 120 valence electrons. The first-order valence-corrected chi connectivity index (χ1v) is 7.47. The summed E-state index contributed by atoms with van der Waals surface area (Å²) in [6, 6.07) is 3.77. The average molecular weight is 307 g/mol. The minimum absolute atomic E-state index is 0.0787. The number of nitro groups is 1. The van der Waals surface area contributed by atoms with E-state index in [-0.39, 0.29) is 17.5 Å². The van der Waals surface area contributed by atoms with E-state index in [4.69, 9.17) is 4.74 Å². The molecule has 7 nitrogen and oxygen atoms in total. The first-order chi connectivity index (χ1) is 10.6. The van der Waals surface area contributed by atoms with Gasteiger partial charge in [0.25, 0.3) is 5.69 Å². The zero-order valence-electron chi connectivity index (χ0n) is 12.6. The number of non-ortho nitro benzene ring substituents is 1. The highest BCUT2D eigenvalue weighted by Crippen LogP contribution is 2.29. The largest absolute Gasteiger partial charge is 0.494 e. The number of anilines is 1. The van der Waals surface area contributed by atoms with Crippen molar-refractivity contribution in [3.63, 3.8) is 0 Å². The maximum Gasteiger partial charge on any atom is 0.319 e. The molecular formula is C15H21N3O4. The van der Waals surface area contributed by atoms with Crippen LogP contribution in [0.15, 0.2) is 18.2 Å². The van der Waals surface area contributed by atoms with Gasteiger partial charge < -0.3 is 15.4 Å². The monoisotopic (exact) mass is 307 g/mol. The molecule has 0 aliphatic heterocycles. The van der Waals surface area contributed by atoms with Crippen molar-refractivity contribution in [1.82, 2.24) is 5.32 Å². The number of carbonyl (C=O) groups excluding carboxylic acids is 1. The van der Waals surface area contributed by atoms with E-state index in [0.29, 0.717) is 18.2 Å². The van der Waals surface area contributed by atoms with E-state index < -0.39 is 4.92 Å². The van der Waals surface area contributed by atoms with Crippen LogP contribution in [-0.2, 0) is 0 Å². The number of methoxy groups -OCH3 is 1. The summed E-state index contributed by atoms with van der Waals surface area (Å²) in [5.74, 6) is 0.806. The molecule has 2 N–H and O–H groups in total. The highest BCUT2D eigenvalue weighted by atomic mass is 16.6. The van der Waals surface area contributed by atoms with Crippen LogP contribution < -0.4 is 15.4 Å². The molecule has 0 heterocycles. The number of nitro benzene ring substituents is 1. The maximum atomic E-state index is 11.9. The lowest BCUT2D eigenvalue weighted by Gasteiger charge is -2.21. The van der Waals surface area contributed by atoms with Crippen LogP contribution in [0.4, 0.5) is 16.2 Å². The van der Waals surface area contributed by atoms with E-state index in [2.05, 4.69) is 10.6 Å². The van der Waals surface area contributed by atoms with Gasteiger partial charge in [0.05, 0.1) is 23.8 Å². The molecule has 1 aliphatic rings. The Bertz CT molecular complexity index is 542. The van der Waals surface area contributed by atoms with Crippen LogP contribution in [0, 0.1) is 16.0 Å². The van der Waals surface area contributed by atoms with Gasteiger partial charge in [0.1, 0.15) is 5.75 Å². The van der Waals surface area contributed by atoms with Crippen LogP contribution in [0.5, 0.6) is 5.75 Å². The summed E-state index contributed by atoms with van der Waals surface area (Å²) in [7, 11) is 1.41. The number of hydrogen-bond acceptors (Lipinski definition) is 4. The molecule has 22 heavy (non-hydrogen) atoms. The second-order valence-corrected chi connectivity index (χ2v) is 5.48. The minimum Gasteiger partial charge on any atom is -0.494 e. The van der Waals surface area contributed by atoms with Crippen LogP contribution in [0.1, 0.15) is 32.1 Å². The van der Waals surface area contributed by atoms with E-state index in [1.807, 2.05) is 0 Å². The van der Waals surface area contributed by atoms with Gasteiger partial charge in [0.15, 0.2) is 0 Å². The third-order valence-electron chi connectivity index (χ3n) is 3.92. The normalized spacial score (nSPS) is 15.1. The lowest BCUT2D eigenvalue weighted by molar-refractivity contribution is -0.384. The van der Waals surface area contributed by atoms with Gasteiger partial charge in [0, 0.05) is 12.6 Å². The number of nitrogens with one attached hydrogen (secondary N) is 2. The molecule has 2 rings (SSSR count). The van der Waals surface area contributed by atoms with Crippen molar-refractivity contribution in [2.24, 2.45) is 5.92 Å². The van der Waals surface area contributed by atoms with Crippen molar-refractivity contribution in [3.8, 4) is 5.75 Å². The molecule has 0 unspecified atom stereocenters. The van der Waals surface area contributed by atoms with Crippen molar-refractivity contribution in [3.05, 3.63) is 28.3 Å². The zero-order chi connectivity index (χ0) is 15.9. The molecule has 1 fully saturated rings. The maximum absolute atomic E-state index is 11.9. The predicted molar refractivity (Wildman–Crippen MR) is 83.2 cm³/mol. The average Bonchev–Trinajstić information content (AvgIpc) is 2.54. The topological polar surface area (TPSA) is 93.5 Å². The molecule has 1 aromatic carbocycles. The number of ether oxygens (including phenoxy) is 1. The Balaban J connectivity index is 1.91. The highest BCUT2D eigenvalue weighted by Gasteiger charge is 2.16. The first-order valence-electron chi connectivity index (χ1n) is 7.47. The van der Waals surface area contributed by atoms with E-state index in [9.17, 15) is 14.9 Å². The van der Waals surface area contributed by atoms with Crippen LogP contribution in [-0.4, -0.2) is 24.6 Å². The molecule has 0 atom stereocenters. The van der Waals surface area contributed by atoms with Gasteiger partial charge in [-0.2, -0.15) is 0 Å². The fraction of sp³-hybridized carbons (Fsp3) is 0.533. The molecular weight excluding hydrogens is 286 g/mol. The second-order valence-electron chi connectivity index (χ2n) is 5.48. The molecule has 0 saturated heterocycles. The number of rotatable bonds is 5. The van der Waals surface area contributed by atoms with Crippen molar-refractivity contribution in [1.29, 1.82) is 0 Å². The van der Waals surface area contributed by atoms with Gasteiger partial charge in [-0.3, -0.25) is 10.1 Å². The number of nitrogens with zero attached hydrogens (tertiary/aromatic N) is 1. The van der Waals surface area contributed by atoms with Gasteiger partial charge in [-0.1, -0.05) is 19.3 Å². The summed E-state index contributed by atoms with van der Waals surface area (Å²) in [5, 5.41) is 16.3. The molecule has 0 spiro atoms. The molecule has 1 saturated carbocycles. The Morgan fingerprint density at radius 3 is 2.73 bits per heavy atom. The third-order valence-corrected chi connectivity index (χ3v) is 3.92. The SMILES string of the molecule is COc1cc([N+](=O)[O-])ccc1NC(=O)NCC1CCCCC1. The number of amides is 2. The fourth-order valence-corrected chi connectivity index (χ4v) is 2.69. The van der Waals surface area contributed by atoms with Gasteiger partial charge in [0.2, 0.25) is 0 Å².